The van der Waals surface area contributed by atoms with Crippen LogP contribution in [0.2, 0.25) is 0 Å². The molecule has 1 amide bonds. The number of benzene rings is 2. The lowest BCUT2D eigenvalue weighted by Gasteiger charge is -2.32. The first kappa shape index (κ1) is 18.9. The van der Waals surface area contributed by atoms with Gasteiger partial charge in [0.25, 0.3) is 11.5 Å². The quantitative estimate of drug-likeness (QED) is 0.731. The number of hydrogen-bond acceptors (Lipinski definition) is 4. The van der Waals surface area contributed by atoms with E-state index in [4.69, 9.17) is 4.74 Å². The SMILES string of the molecule is O=C(COc1ccccc1F)N1CCC(n2c(=O)[nH]c3ccccc3c2=O)CC1. The van der Waals surface area contributed by atoms with Crippen LogP contribution in [0.5, 0.6) is 5.75 Å². The number of para-hydroxylation sites is 2. The molecule has 4 rings (SSSR count). The maximum atomic E-state index is 13.6. The molecule has 2 aromatic carbocycles. The van der Waals surface area contributed by atoms with Gasteiger partial charge in [0.15, 0.2) is 18.2 Å². The minimum Gasteiger partial charge on any atom is -0.481 e. The lowest BCUT2D eigenvalue weighted by atomic mass is 10.0. The van der Waals surface area contributed by atoms with E-state index < -0.39 is 11.5 Å². The highest BCUT2D eigenvalue weighted by Gasteiger charge is 2.26. The third-order valence-electron chi connectivity index (χ3n) is 5.21. The molecule has 1 saturated heterocycles. The Balaban J connectivity index is 1.43. The van der Waals surface area contributed by atoms with Crippen LogP contribution >= 0.6 is 0 Å². The predicted octanol–water partition coefficient (Wildman–Crippen LogP) is 2.07. The summed E-state index contributed by atoms with van der Waals surface area (Å²) in [6.07, 6.45) is 0.958. The van der Waals surface area contributed by atoms with Crippen molar-refractivity contribution in [2.45, 2.75) is 18.9 Å². The summed E-state index contributed by atoms with van der Waals surface area (Å²) in [5, 5.41) is 0.462. The van der Waals surface area contributed by atoms with E-state index in [1.54, 1.807) is 41.3 Å². The molecule has 0 bridgehead atoms. The molecule has 0 saturated carbocycles. The van der Waals surface area contributed by atoms with Crippen LogP contribution in [0.1, 0.15) is 18.9 Å². The second kappa shape index (κ2) is 7.90. The number of piperidine rings is 1. The number of halogens is 1. The molecular formula is C21H20FN3O4. The van der Waals surface area contributed by atoms with Crippen molar-refractivity contribution in [2.75, 3.05) is 19.7 Å². The van der Waals surface area contributed by atoms with Crippen molar-refractivity contribution in [1.29, 1.82) is 0 Å². The number of carbonyl (C=O) groups is 1. The molecule has 1 aliphatic rings. The number of fused-ring (bicyclic) bond motifs is 1. The average Bonchev–Trinajstić information content (AvgIpc) is 2.73. The topological polar surface area (TPSA) is 84.4 Å². The molecule has 2 heterocycles. The third kappa shape index (κ3) is 3.78. The minimum atomic E-state index is -0.520. The number of aromatic amines is 1. The van der Waals surface area contributed by atoms with Crippen molar-refractivity contribution in [3.8, 4) is 5.75 Å². The fourth-order valence-corrected chi connectivity index (χ4v) is 3.67. The molecule has 0 aliphatic carbocycles. The summed E-state index contributed by atoms with van der Waals surface area (Å²) in [5.41, 5.74) is -0.255. The van der Waals surface area contributed by atoms with E-state index >= 15 is 0 Å². The summed E-state index contributed by atoms with van der Waals surface area (Å²) in [6.45, 7) is 0.522. The zero-order valence-electron chi connectivity index (χ0n) is 15.6. The molecule has 0 unspecified atom stereocenters. The summed E-state index contributed by atoms with van der Waals surface area (Å²) in [7, 11) is 0. The van der Waals surface area contributed by atoms with Gasteiger partial charge in [0.2, 0.25) is 0 Å². The van der Waals surface area contributed by atoms with Gasteiger partial charge in [0.05, 0.1) is 10.9 Å². The van der Waals surface area contributed by atoms with Crippen molar-refractivity contribution in [3.63, 3.8) is 0 Å². The number of aromatic nitrogens is 2. The van der Waals surface area contributed by atoms with Gasteiger partial charge in [-0.3, -0.25) is 14.2 Å². The van der Waals surface area contributed by atoms with Crippen LogP contribution in [0.15, 0.2) is 58.1 Å². The van der Waals surface area contributed by atoms with Gasteiger partial charge in [-0.2, -0.15) is 0 Å². The number of amides is 1. The molecule has 1 N–H and O–H groups in total. The molecule has 3 aromatic rings. The summed E-state index contributed by atoms with van der Waals surface area (Å²) >= 11 is 0. The Morgan fingerprint density at radius 3 is 2.52 bits per heavy atom. The van der Waals surface area contributed by atoms with Crippen molar-refractivity contribution in [3.05, 3.63) is 75.2 Å². The lowest BCUT2D eigenvalue weighted by molar-refractivity contribution is -0.134. The van der Waals surface area contributed by atoms with Crippen LogP contribution in [-0.4, -0.2) is 40.1 Å². The Kier molecular flexibility index (Phi) is 5.16. The fourth-order valence-electron chi connectivity index (χ4n) is 3.67. The van der Waals surface area contributed by atoms with Gasteiger partial charge in [-0.15, -0.1) is 0 Å². The normalized spacial score (nSPS) is 14.9. The zero-order valence-corrected chi connectivity index (χ0v) is 15.6. The van der Waals surface area contributed by atoms with Gasteiger partial charge in [-0.25, -0.2) is 9.18 Å². The molecule has 1 aromatic heterocycles. The van der Waals surface area contributed by atoms with Crippen LogP contribution in [0.3, 0.4) is 0 Å². The highest BCUT2D eigenvalue weighted by molar-refractivity contribution is 5.78. The van der Waals surface area contributed by atoms with Gasteiger partial charge in [0, 0.05) is 19.1 Å². The van der Waals surface area contributed by atoms with Crippen LogP contribution in [-0.2, 0) is 4.79 Å². The molecule has 29 heavy (non-hydrogen) atoms. The Morgan fingerprint density at radius 1 is 1.07 bits per heavy atom. The molecule has 7 nitrogen and oxygen atoms in total. The monoisotopic (exact) mass is 397 g/mol. The minimum absolute atomic E-state index is 0.0324. The Labute approximate surface area is 165 Å². The molecule has 0 spiro atoms. The highest BCUT2D eigenvalue weighted by atomic mass is 19.1. The number of H-pyrrole nitrogens is 1. The van der Waals surface area contributed by atoms with E-state index in [9.17, 15) is 18.8 Å². The average molecular weight is 397 g/mol. The molecule has 1 fully saturated rings. The first-order valence-electron chi connectivity index (χ1n) is 9.43. The zero-order chi connectivity index (χ0) is 20.4. The second-order valence-corrected chi connectivity index (χ2v) is 6.98. The standard InChI is InChI=1S/C21H20FN3O4/c22-16-6-2-4-8-18(16)29-13-19(26)24-11-9-14(10-12-24)25-20(27)15-5-1-3-7-17(15)23-21(25)28/h1-8,14H,9-13H2,(H,23,28). The van der Waals surface area contributed by atoms with Crippen LogP contribution < -0.4 is 16.0 Å². The molecule has 8 heteroatoms. The molecule has 0 atom stereocenters. The second-order valence-electron chi connectivity index (χ2n) is 6.98. The van der Waals surface area contributed by atoms with E-state index in [-0.39, 0.29) is 29.9 Å². The van der Waals surface area contributed by atoms with Gasteiger partial charge in [0.1, 0.15) is 0 Å². The van der Waals surface area contributed by atoms with Crippen molar-refractivity contribution < 1.29 is 13.9 Å². The number of likely N-dealkylation sites (tertiary alicyclic amines) is 1. The Bertz CT molecular complexity index is 1160. The van der Waals surface area contributed by atoms with E-state index in [1.807, 2.05) is 0 Å². The summed E-state index contributed by atoms with van der Waals surface area (Å²) in [6, 6.07) is 12.5. The first-order chi connectivity index (χ1) is 14.0. The van der Waals surface area contributed by atoms with Gasteiger partial charge < -0.3 is 14.6 Å². The molecular weight excluding hydrogens is 377 g/mol. The Hall–Kier alpha value is -3.42. The van der Waals surface area contributed by atoms with Crippen LogP contribution in [0.4, 0.5) is 4.39 Å². The van der Waals surface area contributed by atoms with Crippen molar-refractivity contribution in [1.82, 2.24) is 14.5 Å². The summed E-state index contributed by atoms with van der Waals surface area (Å²) < 4.78 is 20.1. The fraction of sp³-hybridized carbons (Fsp3) is 0.286. The number of carbonyl (C=O) groups excluding carboxylic acids is 1. The number of ether oxygens (including phenoxy) is 1. The summed E-state index contributed by atoms with van der Waals surface area (Å²) in [5.74, 6) is -0.745. The van der Waals surface area contributed by atoms with E-state index in [2.05, 4.69) is 4.98 Å². The van der Waals surface area contributed by atoms with E-state index in [0.717, 1.165) is 0 Å². The van der Waals surface area contributed by atoms with Crippen LogP contribution in [0, 0.1) is 5.82 Å². The largest absolute Gasteiger partial charge is 0.481 e. The maximum Gasteiger partial charge on any atom is 0.329 e. The number of rotatable bonds is 4. The van der Waals surface area contributed by atoms with Crippen LogP contribution in [0.25, 0.3) is 10.9 Å². The smallest absolute Gasteiger partial charge is 0.329 e. The number of nitrogens with zero attached hydrogens (tertiary/aromatic N) is 2. The molecule has 0 radical (unpaired) electrons. The first-order valence-corrected chi connectivity index (χ1v) is 9.43. The molecule has 150 valence electrons. The molecule has 1 aliphatic heterocycles. The lowest BCUT2D eigenvalue weighted by Crippen LogP contribution is -2.46. The van der Waals surface area contributed by atoms with E-state index in [0.29, 0.717) is 36.8 Å². The Morgan fingerprint density at radius 2 is 1.76 bits per heavy atom. The van der Waals surface area contributed by atoms with E-state index in [1.165, 1.54) is 16.7 Å². The predicted molar refractivity (Wildman–Crippen MR) is 106 cm³/mol. The van der Waals surface area contributed by atoms with Crippen molar-refractivity contribution in [2.24, 2.45) is 0 Å². The third-order valence-corrected chi connectivity index (χ3v) is 5.21. The summed E-state index contributed by atoms with van der Waals surface area (Å²) in [4.78, 5) is 41.9. The van der Waals surface area contributed by atoms with Gasteiger partial charge in [-0.1, -0.05) is 24.3 Å². The number of hydrogen-bond donors (Lipinski definition) is 1. The van der Waals surface area contributed by atoms with Gasteiger partial charge in [-0.05, 0) is 37.1 Å². The number of nitrogens with one attached hydrogen (secondary N) is 1. The van der Waals surface area contributed by atoms with Crippen molar-refractivity contribution >= 4 is 16.8 Å². The van der Waals surface area contributed by atoms with Gasteiger partial charge >= 0.3 is 5.69 Å². The highest BCUT2D eigenvalue weighted by Crippen LogP contribution is 2.21. The maximum absolute atomic E-state index is 13.6.